The maximum atomic E-state index is 14.2. The number of benzene rings is 1. The summed E-state index contributed by atoms with van der Waals surface area (Å²) in [5.41, 5.74) is 0.790. The number of guanidine groups is 1. The topological polar surface area (TPSA) is 67.8 Å². The standard InChI is InChI=1S/C19H25FN4O2/c1-3-25-11-5-10-23-19(21-2)24-13-15-7-8-18(17(20)12-15)26-16-6-4-9-22-14-16/h4,6-9,12,14H,3,5,10-11,13H2,1-2H3,(H2,21,23,24). The van der Waals surface area contributed by atoms with Crippen LogP contribution in [-0.2, 0) is 11.3 Å². The van der Waals surface area contributed by atoms with Crippen LogP contribution in [0.25, 0.3) is 0 Å². The lowest BCUT2D eigenvalue weighted by atomic mass is 10.2. The summed E-state index contributed by atoms with van der Waals surface area (Å²) < 4.78 is 25.0. The molecule has 0 aliphatic carbocycles. The van der Waals surface area contributed by atoms with Crippen molar-refractivity contribution in [2.45, 2.75) is 19.9 Å². The van der Waals surface area contributed by atoms with Crippen molar-refractivity contribution in [1.29, 1.82) is 0 Å². The minimum Gasteiger partial charge on any atom is -0.453 e. The lowest BCUT2D eigenvalue weighted by molar-refractivity contribution is 0.145. The molecule has 0 fully saturated rings. The number of ether oxygens (including phenoxy) is 2. The number of halogens is 1. The molecule has 140 valence electrons. The van der Waals surface area contributed by atoms with Crippen LogP contribution in [0.3, 0.4) is 0 Å². The molecule has 7 heteroatoms. The van der Waals surface area contributed by atoms with E-state index in [1.807, 2.05) is 13.0 Å². The van der Waals surface area contributed by atoms with Crippen LogP contribution >= 0.6 is 0 Å². The van der Waals surface area contributed by atoms with E-state index in [9.17, 15) is 4.39 Å². The van der Waals surface area contributed by atoms with Crippen LogP contribution in [0, 0.1) is 5.82 Å². The average molecular weight is 360 g/mol. The van der Waals surface area contributed by atoms with Gasteiger partial charge in [0.2, 0.25) is 0 Å². The fraction of sp³-hybridized carbons (Fsp3) is 0.368. The number of rotatable bonds is 9. The zero-order valence-electron chi connectivity index (χ0n) is 15.2. The Hall–Kier alpha value is -2.67. The van der Waals surface area contributed by atoms with Crippen LogP contribution in [0.5, 0.6) is 11.5 Å². The SMILES string of the molecule is CCOCCCNC(=NC)NCc1ccc(Oc2cccnc2)c(F)c1. The van der Waals surface area contributed by atoms with Crippen LogP contribution in [-0.4, -0.2) is 37.7 Å². The molecule has 2 aromatic rings. The zero-order chi connectivity index (χ0) is 18.6. The third kappa shape index (κ3) is 6.68. The second-order valence-corrected chi connectivity index (χ2v) is 5.46. The van der Waals surface area contributed by atoms with Crippen LogP contribution in [0.15, 0.2) is 47.7 Å². The number of pyridine rings is 1. The molecular formula is C19H25FN4O2. The molecule has 0 radical (unpaired) electrons. The van der Waals surface area contributed by atoms with Gasteiger partial charge in [0.1, 0.15) is 5.75 Å². The Balaban J connectivity index is 1.83. The predicted molar refractivity (Wildman–Crippen MR) is 100 cm³/mol. The molecule has 2 rings (SSSR count). The van der Waals surface area contributed by atoms with Gasteiger partial charge in [0.15, 0.2) is 17.5 Å². The van der Waals surface area contributed by atoms with E-state index < -0.39 is 5.82 Å². The predicted octanol–water partition coefficient (Wildman–Crippen LogP) is 3.10. The lowest BCUT2D eigenvalue weighted by Gasteiger charge is -2.13. The quantitative estimate of drug-likeness (QED) is 0.409. The second-order valence-electron chi connectivity index (χ2n) is 5.46. The molecule has 1 aromatic heterocycles. The number of aliphatic imine (C=N–C) groups is 1. The minimum absolute atomic E-state index is 0.167. The summed E-state index contributed by atoms with van der Waals surface area (Å²) in [6.07, 6.45) is 4.06. The summed E-state index contributed by atoms with van der Waals surface area (Å²) in [4.78, 5) is 8.09. The van der Waals surface area contributed by atoms with E-state index in [2.05, 4.69) is 20.6 Å². The third-order valence-corrected chi connectivity index (χ3v) is 3.50. The average Bonchev–Trinajstić information content (AvgIpc) is 2.67. The Morgan fingerprint density at radius 3 is 2.85 bits per heavy atom. The Bertz CT molecular complexity index is 695. The number of nitrogens with zero attached hydrogens (tertiary/aromatic N) is 2. The monoisotopic (exact) mass is 360 g/mol. The van der Waals surface area contributed by atoms with E-state index in [1.54, 1.807) is 31.4 Å². The van der Waals surface area contributed by atoms with E-state index in [0.717, 1.165) is 25.1 Å². The van der Waals surface area contributed by atoms with Crippen molar-refractivity contribution in [2.24, 2.45) is 4.99 Å². The molecular weight excluding hydrogens is 335 g/mol. The molecule has 1 aromatic carbocycles. The molecule has 0 amide bonds. The summed E-state index contributed by atoms with van der Waals surface area (Å²) >= 11 is 0. The Morgan fingerprint density at radius 2 is 2.15 bits per heavy atom. The van der Waals surface area contributed by atoms with Crippen LogP contribution in [0.4, 0.5) is 4.39 Å². The van der Waals surface area contributed by atoms with Crippen LogP contribution in [0.2, 0.25) is 0 Å². The summed E-state index contributed by atoms with van der Waals surface area (Å²) in [7, 11) is 1.70. The molecule has 6 nitrogen and oxygen atoms in total. The first kappa shape index (κ1) is 19.7. The van der Waals surface area contributed by atoms with Crippen molar-refractivity contribution >= 4 is 5.96 Å². The number of aromatic nitrogens is 1. The fourth-order valence-corrected chi connectivity index (χ4v) is 2.20. The summed E-state index contributed by atoms with van der Waals surface area (Å²) in [5.74, 6) is 0.902. The highest BCUT2D eigenvalue weighted by molar-refractivity contribution is 5.79. The van der Waals surface area contributed by atoms with Gasteiger partial charge in [0.05, 0.1) is 6.20 Å². The largest absolute Gasteiger partial charge is 0.453 e. The van der Waals surface area contributed by atoms with Gasteiger partial charge >= 0.3 is 0 Å². The Kier molecular flexibility index (Phi) is 8.35. The van der Waals surface area contributed by atoms with E-state index in [0.29, 0.717) is 24.9 Å². The van der Waals surface area contributed by atoms with Crippen molar-refractivity contribution in [1.82, 2.24) is 15.6 Å². The van der Waals surface area contributed by atoms with Gasteiger partial charge in [-0.15, -0.1) is 0 Å². The van der Waals surface area contributed by atoms with Gasteiger partial charge in [-0.2, -0.15) is 0 Å². The maximum absolute atomic E-state index is 14.2. The third-order valence-electron chi connectivity index (χ3n) is 3.50. The summed E-state index contributed by atoms with van der Waals surface area (Å²) in [6, 6.07) is 8.32. The van der Waals surface area contributed by atoms with Crippen molar-refractivity contribution in [3.8, 4) is 11.5 Å². The molecule has 0 aliphatic rings. The van der Waals surface area contributed by atoms with Crippen molar-refractivity contribution in [3.05, 3.63) is 54.1 Å². The van der Waals surface area contributed by atoms with Crippen molar-refractivity contribution in [2.75, 3.05) is 26.8 Å². The van der Waals surface area contributed by atoms with E-state index >= 15 is 0 Å². The molecule has 0 aliphatic heterocycles. The molecule has 0 saturated carbocycles. The van der Waals surface area contributed by atoms with E-state index in [1.165, 1.54) is 12.3 Å². The first-order valence-corrected chi connectivity index (χ1v) is 8.61. The molecule has 0 spiro atoms. The molecule has 0 saturated heterocycles. The number of hydrogen-bond donors (Lipinski definition) is 2. The molecule has 0 atom stereocenters. The van der Waals surface area contributed by atoms with Gasteiger partial charge in [-0.25, -0.2) is 4.39 Å². The maximum Gasteiger partial charge on any atom is 0.191 e. The minimum atomic E-state index is -0.423. The highest BCUT2D eigenvalue weighted by Gasteiger charge is 2.07. The number of hydrogen-bond acceptors (Lipinski definition) is 4. The highest BCUT2D eigenvalue weighted by atomic mass is 19.1. The molecule has 1 heterocycles. The first-order chi connectivity index (χ1) is 12.7. The Labute approximate surface area is 153 Å². The van der Waals surface area contributed by atoms with Crippen molar-refractivity contribution < 1.29 is 13.9 Å². The smallest absolute Gasteiger partial charge is 0.191 e. The van der Waals surface area contributed by atoms with Crippen molar-refractivity contribution in [3.63, 3.8) is 0 Å². The number of nitrogens with one attached hydrogen (secondary N) is 2. The van der Waals surface area contributed by atoms with Gasteiger partial charge in [-0.3, -0.25) is 9.98 Å². The molecule has 0 bridgehead atoms. The fourth-order valence-electron chi connectivity index (χ4n) is 2.20. The first-order valence-electron chi connectivity index (χ1n) is 8.61. The molecule has 2 N–H and O–H groups in total. The van der Waals surface area contributed by atoms with Gasteiger partial charge in [0.25, 0.3) is 0 Å². The molecule has 0 unspecified atom stereocenters. The van der Waals surface area contributed by atoms with Gasteiger partial charge in [-0.05, 0) is 43.2 Å². The van der Waals surface area contributed by atoms with Crippen LogP contribution < -0.4 is 15.4 Å². The van der Waals surface area contributed by atoms with E-state index in [4.69, 9.17) is 9.47 Å². The lowest BCUT2D eigenvalue weighted by Crippen LogP contribution is -2.37. The van der Waals surface area contributed by atoms with Gasteiger partial charge in [-0.1, -0.05) is 6.07 Å². The molecule has 26 heavy (non-hydrogen) atoms. The summed E-state index contributed by atoms with van der Waals surface area (Å²) in [5, 5.41) is 6.34. The van der Waals surface area contributed by atoms with Gasteiger partial charge < -0.3 is 20.1 Å². The van der Waals surface area contributed by atoms with Gasteiger partial charge in [0, 0.05) is 39.5 Å². The van der Waals surface area contributed by atoms with Crippen LogP contribution in [0.1, 0.15) is 18.9 Å². The highest BCUT2D eigenvalue weighted by Crippen LogP contribution is 2.24. The Morgan fingerprint density at radius 1 is 1.27 bits per heavy atom. The normalized spacial score (nSPS) is 11.3. The van der Waals surface area contributed by atoms with E-state index in [-0.39, 0.29) is 5.75 Å². The second kappa shape index (κ2) is 11.0. The zero-order valence-corrected chi connectivity index (χ0v) is 15.2. The summed E-state index contributed by atoms with van der Waals surface area (Å²) in [6.45, 7) is 4.62.